The second kappa shape index (κ2) is 3.81. The average molecular weight is 200 g/mol. The van der Waals surface area contributed by atoms with Crippen LogP contribution in [0.2, 0.25) is 0 Å². The second-order valence-corrected chi connectivity index (χ2v) is 3.10. The second-order valence-electron chi connectivity index (χ2n) is 3.10. The quantitative estimate of drug-likeness (QED) is 0.300. The Kier molecular flexibility index (Phi) is 2.93. The molecule has 0 saturated carbocycles. The van der Waals surface area contributed by atoms with E-state index in [1.807, 2.05) is 0 Å². The van der Waals surface area contributed by atoms with Gasteiger partial charge in [-0.05, 0) is 19.4 Å². The molecule has 0 spiro atoms. The number of hydrogen-bond acceptors (Lipinski definition) is 5. The van der Waals surface area contributed by atoms with Crippen LogP contribution in [0.1, 0.15) is 13.8 Å². The lowest BCUT2D eigenvalue weighted by Gasteiger charge is -2.08. The van der Waals surface area contributed by atoms with Gasteiger partial charge in [0, 0.05) is 5.57 Å². The van der Waals surface area contributed by atoms with Crippen LogP contribution in [0.25, 0.3) is 0 Å². The van der Waals surface area contributed by atoms with Gasteiger partial charge in [0.15, 0.2) is 0 Å². The van der Waals surface area contributed by atoms with Crippen LogP contribution < -0.4 is 0 Å². The minimum atomic E-state index is -1.44. The van der Waals surface area contributed by atoms with Gasteiger partial charge in [0.05, 0.1) is 0 Å². The van der Waals surface area contributed by atoms with Gasteiger partial charge in [-0.2, -0.15) is 0 Å². The highest BCUT2D eigenvalue weighted by molar-refractivity contribution is 5.61. The normalized spacial score (nSPS) is 17.0. The largest absolute Gasteiger partial charge is 0.513 e. The third kappa shape index (κ3) is 2.58. The minimum Gasteiger partial charge on any atom is -0.430 e. The molecular weight excluding hydrogens is 188 g/mol. The lowest BCUT2D eigenvalue weighted by atomic mass is 10.3. The first-order valence-corrected chi connectivity index (χ1v) is 3.99. The van der Waals surface area contributed by atoms with Crippen molar-refractivity contribution in [1.82, 2.24) is 0 Å². The summed E-state index contributed by atoms with van der Waals surface area (Å²) in [7, 11) is 0. The molecule has 0 unspecified atom stereocenters. The Balaban J connectivity index is 2.34. The van der Waals surface area contributed by atoms with Crippen LogP contribution >= 0.6 is 0 Å². The highest BCUT2D eigenvalue weighted by Crippen LogP contribution is 2.37. The molecule has 1 heterocycles. The van der Waals surface area contributed by atoms with Crippen LogP contribution in [0.5, 0.6) is 0 Å². The van der Waals surface area contributed by atoms with Crippen molar-refractivity contribution in [3.05, 3.63) is 24.3 Å². The van der Waals surface area contributed by atoms with Gasteiger partial charge in [-0.15, -0.1) is 9.78 Å². The van der Waals surface area contributed by atoms with E-state index in [9.17, 15) is 4.79 Å². The zero-order chi connectivity index (χ0) is 10.8. The maximum atomic E-state index is 11.0. The third-order valence-corrected chi connectivity index (χ3v) is 1.41. The van der Waals surface area contributed by atoms with E-state index in [4.69, 9.17) is 4.74 Å². The molecule has 5 nitrogen and oxygen atoms in total. The van der Waals surface area contributed by atoms with Crippen molar-refractivity contribution in [2.45, 2.75) is 19.8 Å². The van der Waals surface area contributed by atoms with Crippen molar-refractivity contribution < 1.29 is 24.0 Å². The number of carbonyl (C=O) groups is 1. The Morgan fingerprint density at radius 1 is 1.36 bits per heavy atom. The minimum absolute atomic E-state index is 0.102. The highest BCUT2D eigenvalue weighted by Gasteiger charge is 2.55. The topological polar surface area (TPSA) is 60.6 Å². The maximum Gasteiger partial charge on any atom is 0.513 e. The Bertz CT molecular complexity index is 277. The standard InChI is InChI=1S/C9H12O5/c1-6(2)5-11-8(10)12-9(7(3)4)13-14-9/h1,3,5H2,2,4H3. The molecule has 0 aliphatic carbocycles. The molecule has 5 heteroatoms. The van der Waals surface area contributed by atoms with Crippen molar-refractivity contribution >= 4 is 6.16 Å². The summed E-state index contributed by atoms with van der Waals surface area (Å²) in [6.45, 7) is 10.5. The number of hydrogen-bond donors (Lipinski definition) is 0. The van der Waals surface area contributed by atoms with E-state index >= 15 is 0 Å². The monoisotopic (exact) mass is 200 g/mol. The Morgan fingerprint density at radius 3 is 2.29 bits per heavy atom. The van der Waals surface area contributed by atoms with E-state index in [2.05, 4.69) is 27.7 Å². The first-order valence-electron chi connectivity index (χ1n) is 3.99. The third-order valence-electron chi connectivity index (χ3n) is 1.41. The number of carbonyl (C=O) groups excluding carboxylic acids is 1. The Labute approximate surface area is 81.8 Å². The first-order chi connectivity index (χ1) is 6.46. The molecule has 78 valence electrons. The molecular formula is C9H12O5. The van der Waals surface area contributed by atoms with E-state index in [0.29, 0.717) is 11.1 Å². The molecule has 14 heavy (non-hydrogen) atoms. The fraction of sp³-hybridized carbons (Fsp3) is 0.444. The van der Waals surface area contributed by atoms with Gasteiger partial charge in [0.1, 0.15) is 6.61 Å². The molecule has 0 radical (unpaired) electrons. The van der Waals surface area contributed by atoms with Crippen LogP contribution in [0.3, 0.4) is 0 Å². The van der Waals surface area contributed by atoms with Gasteiger partial charge >= 0.3 is 12.1 Å². The molecule has 0 bridgehead atoms. The molecule has 0 amide bonds. The maximum absolute atomic E-state index is 11.0. The molecule has 1 aliphatic heterocycles. The molecule has 1 rings (SSSR count). The SMILES string of the molecule is C=C(C)COC(=O)OC1(C(=C)C)OO1. The summed E-state index contributed by atoms with van der Waals surface area (Å²) >= 11 is 0. The van der Waals surface area contributed by atoms with Crippen molar-refractivity contribution in [1.29, 1.82) is 0 Å². The summed E-state index contributed by atoms with van der Waals surface area (Å²) in [6, 6.07) is 0. The molecule has 1 saturated heterocycles. The summed E-state index contributed by atoms with van der Waals surface area (Å²) in [4.78, 5) is 20.0. The summed E-state index contributed by atoms with van der Waals surface area (Å²) in [6.07, 6.45) is -0.881. The smallest absolute Gasteiger partial charge is 0.430 e. The molecule has 1 aliphatic rings. The van der Waals surface area contributed by atoms with E-state index in [-0.39, 0.29) is 6.61 Å². The van der Waals surface area contributed by atoms with Crippen LogP contribution in [0.15, 0.2) is 24.3 Å². The van der Waals surface area contributed by atoms with Gasteiger partial charge in [-0.3, -0.25) is 0 Å². The van der Waals surface area contributed by atoms with Crippen molar-refractivity contribution in [3.8, 4) is 0 Å². The molecule has 0 aromatic carbocycles. The van der Waals surface area contributed by atoms with Crippen LogP contribution in [-0.2, 0) is 19.2 Å². The summed E-state index contributed by atoms with van der Waals surface area (Å²) in [5, 5.41) is 0. The zero-order valence-corrected chi connectivity index (χ0v) is 8.16. The molecule has 0 atom stereocenters. The van der Waals surface area contributed by atoms with Crippen molar-refractivity contribution in [2.24, 2.45) is 0 Å². The summed E-state index contributed by atoms with van der Waals surface area (Å²) in [5.41, 5.74) is 1.15. The fourth-order valence-electron chi connectivity index (χ4n) is 0.623. The van der Waals surface area contributed by atoms with E-state index < -0.39 is 12.1 Å². The van der Waals surface area contributed by atoms with Gasteiger partial charge < -0.3 is 9.47 Å². The fourth-order valence-corrected chi connectivity index (χ4v) is 0.623. The van der Waals surface area contributed by atoms with Crippen molar-refractivity contribution in [2.75, 3.05) is 6.61 Å². The van der Waals surface area contributed by atoms with Gasteiger partial charge in [-0.1, -0.05) is 13.2 Å². The van der Waals surface area contributed by atoms with E-state index in [0.717, 1.165) is 0 Å². The molecule has 1 fully saturated rings. The molecule has 0 N–H and O–H groups in total. The number of rotatable bonds is 4. The van der Waals surface area contributed by atoms with E-state index in [1.165, 1.54) is 0 Å². The van der Waals surface area contributed by atoms with E-state index in [1.54, 1.807) is 13.8 Å². The first kappa shape index (κ1) is 10.7. The Morgan fingerprint density at radius 2 is 1.93 bits per heavy atom. The lowest BCUT2D eigenvalue weighted by molar-refractivity contribution is -0.0181. The summed E-state index contributed by atoms with van der Waals surface area (Å²) in [5.74, 6) is -1.44. The average Bonchev–Trinajstić information content (AvgIpc) is 2.82. The zero-order valence-electron chi connectivity index (χ0n) is 8.16. The van der Waals surface area contributed by atoms with Gasteiger partial charge in [0.25, 0.3) is 0 Å². The Hall–Kier alpha value is -1.33. The molecule has 0 aromatic heterocycles. The predicted molar refractivity (Wildman–Crippen MR) is 47.0 cm³/mol. The van der Waals surface area contributed by atoms with Crippen LogP contribution in [0, 0.1) is 0 Å². The molecule has 0 aromatic rings. The van der Waals surface area contributed by atoms with Gasteiger partial charge in [0.2, 0.25) is 0 Å². The highest BCUT2D eigenvalue weighted by atomic mass is 17.5. The van der Waals surface area contributed by atoms with Gasteiger partial charge in [-0.25, -0.2) is 4.79 Å². The van der Waals surface area contributed by atoms with Crippen LogP contribution in [0.4, 0.5) is 4.79 Å². The van der Waals surface area contributed by atoms with Crippen LogP contribution in [-0.4, -0.2) is 18.7 Å². The predicted octanol–water partition coefficient (Wildman–Crippen LogP) is 1.91. The van der Waals surface area contributed by atoms with Crippen molar-refractivity contribution in [3.63, 3.8) is 0 Å². The lowest BCUT2D eigenvalue weighted by Crippen LogP contribution is -2.22. The summed E-state index contributed by atoms with van der Waals surface area (Å²) < 4.78 is 9.38. The number of ether oxygens (including phenoxy) is 2.